The van der Waals surface area contributed by atoms with E-state index in [1.54, 1.807) is 20.8 Å². The molecule has 0 aliphatic heterocycles. The predicted octanol–water partition coefficient (Wildman–Crippen LogP) is 0.803. The van der Waals surface area contributed by atoms with Crippen LogP contribution in [0.4, 0.5) is 3.50 Å². The summed E-state index contributed by atoms with van der Waals surface area (Å²) < 4.78 is 9.62. The van der Waals surface area contributed by atoms with Crippen molar-refractivity contribution in [2.45, 2.75) is 27.2 Å². The normalized spacial score (nSPS) is 8.71. The van der Waals surface area contributed by atoms with Crippen LogP contribution in [-0.2, 0) is 26.2 Å². The topological polar surface area (TPSA) is 60.7 Å². The molecule has 103 valence electrons. The van der Waals surface area contributed by atoms with E-state index >= 15 is 0 Å². The Morgan fingerprint density at radius 3 is 1.41 bits per heavy atom. The van der Waals surface area contributed by atoms with E-state index in [4.69, 9.17) is 15.3 Å². The number of allylic oxidation sites excluding steroid dienone is 4. The van der Waals surface area contributed by atoms with E-state index < -0.39 is 0 Å². The molecule has 17 heavy (non-hydrogen) atoms. The molecule has 0 saturated heterocycles. The summed E-state index contributed by atoms with van der Waals surface area (Å²) in [6, 6.07) is 0. The van der Waals surface area contributed by atoms with Crippen LogP contribution in [0.15, 0.2) is 18.2 Å². The van der Waals surface area contributed by atoms with E-state index in [9.17, 15) is 3.50 Å². The zero-order chi connectivity index (χ0) is 13.7. The number of halogens is 1. The number of hydrogen-bond acceptors (Lipinski definition) is 3. The van der Waals surface area contributed by atoms with Gasteiger partial charge in [0.2, 0.25) is 0 Å². The van der Waals surface area contributed by atoms with Crippen LogP contribution in [0, 0.1) is 6.08 Å². The summed E-state index contributed by atoms with van der Waals surface area (Å²) in [6.45, 7) is 5.79. The third-order valence-corrected chi connectivity index (χ3v) is 0.586. The molecule has 0 bridgehead atoms. The van der Waals surface area contributed by atoms with Gasteiger partial charge in [-0.15, -0.1) is 6.42 Å². The fraction of sp³-hybridized carbons (Fsp3) is 0.636. The molecule has 0 spiro atoms. The van der Waals surface area contributed by atoms with Crippen LogP contribution in [-0.4, -0.2) is 52.1 Å². The smallest absolute Gasteiger partial charge is 0 e. The van der Waals surface area contributed by atoms with Gasteiger partial charge in [-0.1, -0.05) is 0 Å². The minimum absolute atomic E-state index is 0. The van der Waals surface area contributed by atoms with Gasteiger partial charge in [0.15, 0.2) is 0 Å². The summed E-state index contributed by atoms with van der Waals surface area (Å²) in [5.41, 5.74) is 0. The quantitative estimate of drug-likeness (QED) is 0.425. The van der Waals surface area contributed by atoms with E-state index in [-0.39, 0.29) is 63.0 Å². The van der Waals surface area contributed by atoms with E-state index in [2.05, 4.69) is 12.2 Å². The molecule has 0 heterocycles. The Bertz CT molecular complexity index is 111. The van der Waals surface area contributed by atoms with E-state index in [0.717, 1.165) is 6.42 Å². The van der Waals surface area contributed by atoms with Crippen molar-refractivity contribution in [2.24, 2.45) is 0 Å². The maximum Gasteiger partial charge on any atom is 0 e. The first-order valence-corrected chi connectivity index (χ1v) is 6.18. The Morgan fingerprint density at radius 2 is 1.35 bits per heavy atom. The summed E-state index contributed by atoms with van der Waals surface area (Å²) in [4.78, 5) is 0. The first kappa shape index (κ1) is 30.6. The van der Waals surface area contributed by atoms with Gasteiger partial charge in [0.25, 0.3) is 0 Å². The average molecular weight is 388 g/mol. The zero-order valence-electron chi connectivity index (χ0n) is 11.0. The van der Waals surface area contributed by atoms with Gasteiger partial charge in [-0.3, -0.25) is 6.08 Å². The van der Waals surface area contributed by atoms with Crippen LogP contribution in [0.2, 0.25) is 0 Å². The molecule has 0 aromatic heterocycles. The van der Waals surface area contributed by atoms with Crippen molar-refractivity contribution < 1.29 is 45.0 Å². The zero-order valence-corrected chi connectivity index (χ0v) is 16.4. The molecule has 1 aliphatic rings. The van der Waals surface area contributed by atoms with Gasteiger partial charge in [-0.25, -0.2) is 12.2 Å². The molecule has 0 unspecified atom stereocenters. The van der Waals surface area contributed by atoms with E-state index in [1.807, 2.05) is 12.2 Å². The van der Waals surface area contributed by atoms with E-state index in [0.29, 0.717) is 0 Å². The summed E-state index contributed by atoms with van der Waals surface area (Å²) in [5.74, 6) is 0. The molecule has 0 saturated carbocycles. The molecule has 0 amide bonds. The molecule has 3 nitrogen and oxygen atoms in total. The first-order chi connectivity index (χ1) is 7.74. The molecule has 1 radical (unpaired) electrons. The van der Waals surface area contributed by atoms with Gasteiger partial charge < -0.3 is 15.3 Å². The molecule has 1 aliphatic carbocycles. The second-order valence-corrected chi connectivity index (χ2v) is 1.95. The van der Waals surface area contributed by atoms with Crippen molar-refractivity contribution in [3.63, 3.8) is 0 Å². The molecule has 1 rings (SSSR count). The molecule has 0 aromatic carbocycles. The number of hydrogen-bond donors (Lipinski definition) is 3. The molecular formula is C11H25FGeO3Zr-. The van der Waals surface area contributed by atoms with E-state index in [1.165, 1.54) is 0 Å². The predicted molar refractivity (Wildman–Crippen MR) is 69.5 cm³/mol. The molecule has 3 N–H and O–H groups in total. The SMILES string of the molecule is CCO.CCO.CCO.[C-]1=CC=CC1.[F][GeH2].[Zr]. The van der Waals surface area contributed by atoms with Crippen LogP contribution >= 0.6 is 0 Å². The Morgan fingerprint density at radius 1 is 1.06 bits per heavy atom. The fourth-order valence-corrected chi connectivity index (χ4v) is 0.340. The van der Waals surface area contributed by atoms with Gasteiger partial charge in [-0.05, 0) is 20.8 Å². The van der Waals surface area contributed by atoms with Gasteiger partial charge in [0.1, 0.15) is 0 Å². The van der Waals surface area contributed by atoms with Crippen molar-refractivity contribution in [1.82, 2.24) is 0 Å². The molecule has 0 fully saturated rings. The van der Waals surface area contributed by atoms with Gasteiger partial charge >= 0.3 is 20.5 Å². The van der Waals surface area contributed by atoms with Crippen LogP contribution < -0.4 is 0 Å². The van der Waals surface area contributed by atoms with Crippen LogP contribution in [0.25, 0.3) is 0 Å². The summed E-state index contributed by atoms with van der Waals surface area (Å²) in [7, 11) is 0. The van der Waals surface area contributed by atoms with Crippen LogP contribution in [0.1, 0.15) is 27.2 Å². The molecule has 0 atom stereocenters. The van der Waals surface area contributed by atoms with Crippen molar-refractivity contribution >= 4 is 17.0 Å². The van der Waals surface area contributed by atoms with Crippen molar-refractivity contribution in [3.8, 4) is 0 Å². The summed E-state index contributed by atoms with van der Waals surface area (Å²) in [5, 5.41) is 22.7. The Hall–Kier alpha value is 0.716. The Labute approximate surface area is 133 Å². The molecular weight excluding hydrogens is 363 g/mol. The van der Waals surface area contributed by atoms with Gasteiger partial charge in [-0.2, -0.15) is 6.08 Å². The second kappa shape index (κ2) is 54.3. The summed E-state index contributed by atoms with van der Waals surface area (Å²) >= 11 is -0.125. The van der Waals surface area contributed by atoms with Gasteiger partial charge in [0.05, 0.1) is 0 Å². The average Bonchev–Trinajstić information content (AvgIpc) is 2.81. The van der Waals surface area contributed by atoms with Crippen LogP contribution in [0.3, 0.4) is 0 Å². The molecule has 0 aromatic rings. The van der Waals surface area contributed by atoms with Crippen molar-refractivity contribution in [1.29, 1.82) is 0 Å². The first-order valence-electron chi connectivity index (χ1n) is 5.05. The standard InChI is InChI=1S/C5H5.3C2H6O.FGeH2.Zr/c1-2-4-5-3-1;3*1-2-3;1-2;/h1-3H,4H2;3*3H,2H2,1H3;2H2;/q-1;;;;;. The van der Waals surface area contributed by atoms with Crippen molar-refractivity contribution in [3.05, 3.63) is 24.3 Å². The van der Waals surface area contributed by atoms with Crippen LogP contribution in [0.5, 0.6) is 0 Å². The summed E-state index contributed by atoms with van der Waals surface area (Å²) in [6.07, 6.45) is 10.0. The third kappa shape index (κ3) is 111. The minimum atomic E-state index is -0.125. The van der Waals surface area contributed by atoms with Gasteiger partial charge in [0, 0.05) is 46.0 Å². The Kier molecular flexibility index (Phi) is 97.9. The number of aliphatic hydroxyl groups is 3. The largest absolute Gasteiger partial charge is 0 e. The Balaban J connectivity index is -0.0000000365. The van der Waals surface area contributed by atoms with Crippen molar-refractivity contribution in [2.75, 3.05) is 19.8 Å². The fourth-order valence-electron chi connectivity index (χ4n) is 0.340. The molecule has 6 heteroatoms. The minimum Gasteiger partial charge on any atom is 0 e. The number of rotatable bonds is 0. The monoisotopic (exact) mass is 388 g/mol. The third-order valence-electron chi connectivity index (χ3n) is 0.586. The number of aliphatic hydroxyl groups excluding tert-OH is 3. The second-order valence-electron chi connectivity index (χ2n) is 1.95. The maximum absolute atomic E-state index is 9.62. The maximum atomic E-state index is 9.62.